The molecule has 0 aliphatic heterocycles. The van der Waals surface area contributed by atoms with Crippen LogP contribution in [0.25, 0.3) is 0 Å². The Kier molecular flexibility index (Phi) is 43.7. The van der Waals surface area contributed by atoms with Gasteiger partial charge in [-0.05, 0) is 31.5 Å². The van der Waals surface area contributed by atoms with E-state index < -0.39 is 0 Å². The zero-order valence-corrected chi connectivity index (χ0v) is 16.7. The summed E-state index contributed by atoms with van der Waals surface area (Å²) in [6.45, 7) is 16.8. The second-order valence-corrected chi connectivity index (χ2v) is 5.21. The van der Waals surface area contributed by atoms with Crippen LogP contribution in [-0.4, -0.2) is 47.3 Å². The Balaban J connectivity index is -0.0000000798. The van der Waals surface area contributed by atoms with E-state index in [4.69, 9.17) is 4.74 Å². The molecule has 5 heteroatoms. The smallest absolute Gasteiger partial charge is 0.142 e. The van der Waals surface area contributed by atoms with Crippen LogP contribution in [0.5, 0.6) is 5.75 Å². The third kappa shape index (κ3) is 27.6. The lowest BCUT2D eigenvalue weighted by molar-refractivity contribution is -0.116. The lowest BCUT2D eigenvalue weighted by atomic mass is 10.2. The van der Waals surface area contributed by atoms with Gasteiger partial charge in [-0.2, -0.15) is 0 Å². The van der Waals surface area contributed by atoms with E-state index in [1.807, 2.05) is 51.1 Å². The molecule has 0 fully saturated rings. The average Bonchev–Trinajstić information content (AvgIpc) is 2.54. The minimum atomic E-state index is 0. The fourth-order valence-electron chi connectivity index (χ4n) is 1.47. The quantitative estimate of drug-likeness (QED) is 0.472. The third-order valence-corrected chi connectivity index (χ3v) is 2.73. The molecule has 0 N–H and O–H groups in total. The Morgan fingerprint density at radius 2 is 1.46 bits per heavy atom. The maximum Gasteiger partial charge on any atom is 0.142 e. The van der Waals surface area contributed by atoms with Gasteiger partial charge in [-0.15, -0.1) is 0 Å². The van der Waals surface area contributed by atoms with Crippen LogP contribution in [0.1, 0.15) is 69.7 Å². The van der Waals surface area contributed by atoms with Gasteiger partial charge in [0, 0.05) is 29.8 Å². The largest absolute Gasteiger partial charge is 0.478 e. The summed E-state index contributed by atoms with van der Waals surface area (Å²) in [5.74, 6) is 1.88. The van der Waals surface area contributed by atoms with Gasteiger partial charge >= 0.3 is 0 Å². The van der Waals surface area contributed by atoms with Gasteiger partial charge in [0.15, 0.2) is 0 Å². The van der Waals surface area contributed by atoms with E-state index in [-0.39, 0.29) is 37.5 Å². The molecule has 0 aliphatic carbocycles. The maximum atomic E-state index is 9.81. The molecule has 0 saturated heterocycles. The van der Waals surface area contributed by atoms with Gasteiger partial charge in [0.1, 0.15) is 18.3 Å². The minimum Gasteiger partial charge on any atom is -0.478 e. The highest BCUT2D eigenvalue weighted by Crippen LogP contribution is 2.09. The number of Topliss-reactive ketones (excluding diaryl/α,β-unsaturated/α-hetero) is 1. The van der Waals surface area contributed by atoms with Crippen molar-refractivity contribution in [3.05, 3.63) is 30.3 Å². The van der Waals surface area contributed by atoms with Gasteiger partial charge in [-0.25, -0.2) is 0 Å². The molecule has 0 atom stereocenters. The second-order valence-electron chi connectivity index (χ2n) is 5.21. The number of hydrogen-bond acceptors (Lipinski definition) is 3. The van der Waals surface area contributed by atoms with E-state index in [0.717, 1.165) is 18.8 Å². The van der Waals surface area contributed by atoms with Crippen LogP contribution < -0.4 is 4.74 Å². The predicted octanol–water partition coefficient (Wildman–Crippen LogP) is 5.52. The Bertz CT molecular complexity index is 360. The van der Waals surface area contributed by atoms with Crippen LogP contribution in [0, 0.1) is 5.92 Å². The van der Waals surface area contributed by atoms with Crippen LogP contribution >= 0.6 is 0 Å². The number of para-hydroxylation sites is 1. The highest BCUT2D eigenvalue weighted by Gasteiger charge is 2.05. The third-order valence-electron chi connectivity index (χ3n) is 2.73. The first kappa shape index (κ1) is 39.7. The van der Waals surface area contributed by atoms with Gasteiger partial charge in [0.2, 0.25) is 0 Å². The molecule has 1 aromatic carbocycles. The van der Waals surface area contributed by atoms with Crippen molar-refractivity contribution < 1.29 is 9.53 Å². The van der Waals surface area contributed by atoms with Crippen LogP contribution in [0.4, 0.5) is 0 Å². The summed E-state index contributed by atoms with van der Waals surface area (Å²) in [7, 11) is 0. The first-order chi connectivity index (χ1) is 10.5. The normalized spacial score (nSPS) is 8.04. The molecule has 6 radical (unpaired) electrons. The van der Waals surface area contributed by atoms with Crippen LogP contribution in [-0.2, 0) is 4.79 Å². The van der Waals surface area contributed by atoms with Crippen LogP contribution in [0.2, 0.25) is 0 Å². The summed E-state index contributed by atoms with van der Waals surface area (Å²) in [5.41, 5.74) is 0. The van der Waals surface area contributed by atoms with Crippen molar-refractivity contribution >= 4 is 22.6 Å². The number of rotatable bonds is 7. The summed E-state index contributed by atoms with van der Waals surface area (Å²) in [4.78, 5) is 12.1. The van der Waals surface area contributed by atoms with E-state index in [1.165, 1.54) is 0 Å². The number of ether oxygens (including phenoxy) is 1. The lowest BCUT2D eigenvalue weighted by Crippen LogP contribution is -2.31. The lowest BCUT2D eigenvalue weighted by Gasteiger charge is -2.22. The maximum absolute atomic E-state index is 9.81. The molecule has 0 bridgehead atoms. The molecular formula is C21H43B2NO2. The van der Waals surface area contributed by atoms with E-state index in [0.29, 0.717) is 19.1 Å². The highest BCUT2D eigenvalue weighted by molar-refractivity contribution is 5.76. The molecule has 1 rings (SSSR count). The summed E-state index contributed by atoms with van der Waals surface area (Å²) >= 11 is 0. The fraction of sp³-hybridized carbons (Fsp3) is 0.667. The van der Waals surface area contributed by atoms with Gasteiger partial charge in [-0.3, -0.25) is 4.90 Å². The van der Waals surface area contributed by atoms with Gasteiger partial charge in [0.25, 0.3) is 0 Å². The van der Waals surface area contributed by atoms with Crippen molar-refractivity contribution in [2.45, 2.75) is 69.7 Å². The molecule has 0 spiro atoms. The van der Waals surface area contributed by atoms with Crippen molar-refractivity contribution in [2.75, 3.05) is 19.8 Å². The Morgan fingerprint density at radius 1 is 1.04 bits per heavy atom. The molecule has 0 amide bonds. The van der Waals surface area contributed by atoms with Crippen molar-refractivity contribution in [3.63, 3.8) is 0 Å². The average molecular weight is 363 g/mol. The molecule has 0 heterocycles. The number of benzene rings is 1. The monoisotopic (exact) mass is 363 g/mol. The molecule has 150 valence electrons. The zero-order valence-electron chi connectivity index (χ0n) is 16.7. The minimum absolute atomic E-state index is 0. The first-order valence-corrected chi connectivity index (χ1v) is 8.39. The summed E-state index contributed by atoms with van der Waals surface area (Å²) in [6.07, 6.45) is 0.667. The van der Waals surface area contributed by atoms with E-state index >= 15 is 0 Å². The molecule has 0 aliphatic rings. The zero-order chi connectivity index (χ0) is 17.4. The number of carbonyl (C=O) groups excluding carboxylic acids is 1. The molecule has 0 aromatic heterocycles. The SMILES string of the molecule is C.C.CC.CCC(C)=O.CCN(COc1ccccc1)CC(C)C.[B].[B]. The topological polar surface area (TPSA) is 29.5 Å². The van der Waals surface area contributed by atoms with Crippen molar-refractivity contribution in [1.82, 2.24) is 4.90 Å². The fourth-order valence-corrected chi connectivity index (χ4v) is 1.47. The summed E-state index contributed by atoms with van der Waals surface area (Å²) in [6, 6.07) is 9.97. The molecule has 3 nitrogen and oxygen atoms in total. The van der Waals surface area contributed by atoms with E-state index in [9.17, 15) is 4.79 Å². The Hall–Kier alpha value is -1.22. The Labute approximate surface area is 169 Å². The number of carbonyl (C=O) groups is 1. The second kappa shape index (κ2) is 28.6. The number of ketones is 1. The standard InChI is InChI=1S/C13H21NO.C4H8O.C2H6.2CH4.2B/c1-4-14(10-12(2)3)11-15-13-8-6-5-7-9-13;1-3-4(2)5;1-2;;;;/h5-9,12H,4,10-11H2,1-3H3;3H2,1-2H3;1-2H3;2*1H4;;. The van der Waals surface area contributed by atoms with Crippen molar-refractivity contribution in [2.24, 2.45) is 5.92 Å². The molecule has 1 aromatic rings. The van der Waals surface area contributed by atoms with Crippen molar-refractivity contribution in [1.29, 1.82) is 0 Å². The van der Waals surface area contributed by atoms with Crippen molar-refractivity contribution in [3.8, 4) is 5.75 Å². The van der Waals surface area contributed by atoms with Gasteiger partial charge < -0.3 is 9.53 Å². The van der Waals surface area contributed by atoms with Gasteiger partial charge in [-0.1, -0.05) is 74.6 Å². The Morgan fingerprint density at radius 3 is 1.77 bits per heavy atom. The first-order valence-electron chi connectivity index (χ1n) is 8.39. The van der Waals surface area contributed by atoms with E-state index in [1.54, 1.807) is 6.92 Å². The molecule has 0 saturated carbocycles. The summed E-state index contributed by atoms with van der Waals surface area (Å²) < 4.78 is 5.69. The molecular weight excluding hydrogens is 320 g/mol. The number of hydrogen-bond donors (Lipinski definition) is 0. The van der Waals surface area contributed by atoms with Crippen LogP contribution in [0.15, 0.2) is 30.3 Å². The molecule has 0 unspecified atom stereocenters. The predicted molar refractivity (Wildman–Crippen MR) is 121 cm³/mol. The number of nitrogens with zero attached hydrogens (tertiary/aromatic N) is 1. The van der Waals surface area contributed by atoms with Gasteiger partial charge in [0.05, 0.1) is 0 Å². The van der Waals surface area contributed by atoms with E-state index in [2.05, 4.69) is 25.7 Å². The highest BCUT2D eigenvalue weighted by atomic mass is 16.5. The summed E-state index contributed by atoms with van der Waals surface area (Å²) in [5, 5.41) is 0. The van der Waals surface area contributed by atoms with Crippen LogP contribution in [0.3, 0.4) is 0 Å². The molecule has 26 heavy (non-hydrogen) atoms.